The van der Waals surface area contributed by atoms with Crippen molar-refractivity contribution in [1.82, 2.24) is 4.90 Å². The summed E-state index contributed by atoms with van der Waals surface area (Å²) in [4.78, 5) is 15.4. The highest BCUT2D eigenvalue weighted by molar-refractivity contribution is 7.10. The van der Waals surface area contributed by atoms with E-state index in [-0.39, 0.29) is 11.3 Å². The highest BCUT2D eigenvalue weighted by atomic mass is 32.1. The zero-order valence-corrected chi connectivity index (χ0v) is 14.5. The van der Waals surface area contributed by atoms with Crippen LogP contribution >= 0.6 is 11.3 Å². The number of rotatable bonds is 6. The van der Waals surface area contributed by atoms with Gasteiger partial charge in [-0.1, -0.05) is 0 Å². The van der Waals surface area contributed by atoms with Gasteiger partial charge in [0.15, 0.2) is 0 Å². The average Bonchev–Trinajstić information content (AvgIpc) is 2.86. The molecule has 1 aliphatic heterocycles. The van der Waals surface area contributed by atoms with Gasteiger partial charge < -0.3 is 9.53 Å². The summed E-state index contributed by atoms with van der Waals surface area (Å²) < 4.78 is 5.49. The molecule has 0 radical (unpaired) electrons. The van der Waals surface area contributed by atoms with Gasteiger partial charge in [0.25, 0.3) is 0 Å². The number of carbonyl (C=O) groups excluding carboxylic acids is 1. The summed E-state index contributed by atoms with van der Waals surface area (Å²) in [5.41, 5.74) is 1.37. The lowest BCUT2D eigenvalue weighted by molar-refractivity contribution is -0.117. The highest BCUT2D eigenvalue weighted by Gasteiger charge is 2.37. The number of Topliss-reactive ketones (excluding diaryl/α,β-unsaturated/α-hetero) is 1. The van der Waals surface area contributed by atoms with E-state index in [1.165, 1.54) is 10.4 Å². The van der Waals surface area contributed by atoms with Crippen LogP contribution in [0, 0.1) is 6.92 Å². The molecular weight excluding hydrogens is 282 g/mol. The van der Waals surface area contributed by atoms with Gasteiger partial charge in [-0.15, -0.1) is 11.3 Å². The molecule has 2 heterocycles. The van der Waals surface area contributed by atoms with Crippen molar-refractivity contribution >= 4 is 17.1 Å². The molecule has 0 aromatic carbocycles. The Balaban J connectivity index is 2.21. The molecule has 1 unspecified atom stereocenters. The first-order valence-corrected chi connectivity index (χ1v) is 8.66. The molecular formula is C17H27NO2S. The van der Waals surface area contributed by atoms with Crippen LogP contribution < -0.4 is 0 Å². The molecule has 1 atom stereocenters. The maximum Gasteiger partial charge on any atom is 0.129 e. The molecule has 0 spiro atoms. The van der Waals surface area contributed by atoms with Crippen LogP contribution in [0.25, 0.3) is 0 Å². The van der Waals surface area contributed by atoms with Crippen molar-refractivity contribution in [2.45, 2.75) is 52.0 Å². The van der Waals surface area contributed by atoms with E-state index in [1.54, 1.807) is 6.92 Å². The van der Waals surface area contributed by atoms with E-state index in [9.17, 15) is 4.79 Å². The molecule has 0 bridgehead atoms. The van der Waals surface area contributed by atoms with Gasteiger partial charge in [-0.25, -0.2) is 0 Å². The standard InChI is InChI=1S/C17H27NO2S/c1-13-11-16(21-12-13)15(6-5-14(2)19)17(3,4)18-7-9-20-10-8-18/h11-12,15H,5-10H2,1-4H3. The van der Waals surface area contributed by atoms with Gasteiger partial charge in [-0.3, -0.25) is 4.90 Å². The van der Waals surface area contributed by atoms with E-state index in [1.807, 2.05) is 11.3 Å². The van der Waals surface area contributed by atoms with Crippen LogP contribution in [0.2, 0.25) is 0 Å². The first-order chi connectivity index (χ1) is 9.91. The van der Waals surface area contributed by atoms with Gasteiger partial charge in [0.05, 0.1) is 13.2 Å². The van der Waals surface area contributed by atoms with Crippen molar-refractivity contribution < 1.29 is 9.53 Å². The molecule has 118 valence electrons. The fourth-order valence-corrected chi connectivity index (χ4v) is 4.40. The summed E-state index contributed by atoms with van der Waals surface area (Å²) in [5.74, 6) is 0.684. The van der Waals surface area contributed by atoms with Crippen molar-refractivity contribution in [3.63, 3.8) is 0 Å². The molecule has 2 rings (SSSR count). The zero-order chi connectivity index (χ0) is 15.5. The van der Waals surface area contributed by atoms with E-state index in [0.717, 1.165) is 32.7 Å². The molecule has 4 heteroatoms. The van der Waals surface area contributed by atoms with Gasteiger partial charge in [-0.05, 0) is 51.1 Å². The molecule has 1 aromatic heterocycles. The average molecular weight is 309 g/mol. The molecule has 0 saturated carbocycles. The molecule has 0 N–H and O–H groups in total. The van der Waals surface area contributed by atoms with Crippen molar-refractivity contribution in [1.29, 1.82) is 0 Å². The molecule has 1 fully saturated rings. The van der Waals surface area contributed by atoms with Crippen LogP contribution in [0.4, 0.5) is 0 Å². The van der Waals surface area contributed by atoms with Crippen LogP contribution in [0.15, 0.2) is 11.4 Å². The first kappa shape index (κ1) is 16.7. The highest BCUT2D eigenvalue weighted by Crippen LogP contribution is 2.40. The normalized spacial score (nSPS) is 18.7. The quantitative estimate of drug-likeness (QED) is 0.804. The molecule has 3 nitrogen and oxygen atoms in total. The zero-order valence-electron chi connectivity index (χ0n) is 13.6. The van der Waals surface area contributed by atoms with E-state index >= 15 is 0 Å². The predicted octanol–water partition coefficient (Wildman–Crippen LogP) is 3.62. The maximum absolute atomic E-state index is 11.5. The summed E-state index contributed by atoms with van der Waals surface area (Å²) >= 11 is 1.83. The minimum atomic E-state index is 0.0521. The second-order valence-electron chi connectivity index (χ2n) is 6.57. The number of aryl methyl sites for hydroxylation is 1. The number of hydrogen-bond acceptors (Lipinski definition) is 4. The summed E-state index contributed by atoms with van der Waals surface area (Å²) in [6.07, 6.45) is 1.59. The van der Waals surface area contributed by atoms with Gasteiger partial charge in [0.2, 0.25) is 0 Å². The van der Waals surface area contributed by atoms with Gasteiger partial charge in [-0.2, -0.15) is 0 Å². The summed E-state index contributed by atoms with van der Waals surface area (Å²) in [6, 6.07) is 2.29. The third kappa shape index (κ3) is 4.15. The van der Waals surface area contributed by atoms with E-state index in [0.29, 0.717) is 12.3 Å². The lowest BCUT2D eigenvalue weighted by Crippen LogP contribution is -2.53. The van der Waals surface area contributed by atoms with Crippen molar-refractivity contribution in [3.8, 4) is 0 Å². The van der Waals surface area contributed by atoms with Crippen LogP contribution in [-0.2, 0) is 9.53 Å². The lowest BCUT2D eigenvalue weighted by Gasteiger charge is -2.45. The molecule has 1 saturated heterocycles. The largest absolute Gasteiger partial charge is 0.379 e. The minimum Gasteiger partial charge on any atom is -0.379 e. The van der Waals surface area contributed by atoms with Crippen LogP contribution in [0.3, 0.4) is 0 Å². The predicted molar refractivity (Wildman–Crippen MR) is 88.2 cm³/mol. The number of morpholine rings is 1. The van der Waals surface area contributed by atoms with E-state index < -0.39 is 0 Å². The third-order valence-corrected chi connectivity index (χ3v) is 5.72. The van der Waals surface area contributed by atoms with Crippen molar-refractivity contribution in [3.05, 3.63) is 21.9 Å². The lowest BCUT2D eigenvalue weighted by atomic mass is 9.80. The minimum absolute atomic E-state index is 0.0521. The maximum atomic E-state index is 11.5. The first-order valence-electron chi connectivity index (χ1n) is 7.78. The molecule has 1 aliphatic rings. The monoisotopic (exact) mass is 309 g/mol. The van der Waals surface area contributed by atoms with Crippen molar-refractivity contribution in [2.75, 3.05) is 26.3 Å². The van der Waals surface area contributed by atoms with E-state index in [4.69, 9.17) is 4.74 Å². The molecule has 21 heavy (non-hydrogen) atoms. The number of carbonyl (C=O) groups is 1. The summed E-state index contributed by atoms with van der Waals surface area (Å²) in [6.45, 7) is 12.1. The van der Waals surface area contributed by atoms with Crippen molar-refractivity contribution in [2.24, 2.45) is 0 Å². The third-order valence-electron chi connectivity index (χ3n) is 4.56. The summed E-state index contributed by atoms with van der Waals surface area (Å²) in [7, 11) is 0. The SMILES string of the molecule is CC(=O)CCC(c1cc(C)cs1)C(C)(C)N1CCOCC1. The molecule has 0 aliphatic carbocycles. The fraction of sp³-hybridized carbons (Fsp3) is 0.706. The Morgan fingerprint density at radius 3 is 2.62 bits per heavy atom. The number of hydrogen-bond donors (Lipinski definition) is 0. The van der Waals surface area contributed by atoms with Crippen LogP contribution in [-0.4, -0.2) is 42.5 Å². The van der Waals surface area contributed by atoms with Gasteiger partial charge in [0.1, 0.15) is 5.78 Å². The Hall–Kier alpha value is -0.710. The Morgan fingerprint density at radius 1 is 1.43 bits per heavy atom. The molecule has 1 aromatic rings. The number of thiophene rings is 1. The number of nitrogens with zero attached hydrogens (tertiary/aromatic N) is 1. The number of ketones is 1. The topological polar surface area (TPSA) is 29.5 Å². The van der Waals surface area contributed by atoms with E-state index in [2.05, 4.69) is 37.1 Å². The smallest absolute Gasteiger partial charge is 0.129 e. The van der Waals surface area contributed by atoms with Gasteiger partial charge >= 0.3 is 0 Å². The second kappa shape index (κ2) is 7.03. The Bertz CT molecular complexity index is 475. The van der Waals surface area contributed by atoms with Gasteiger partial charge in [0, 0.05) is 35.8 Å². The summed E-state index contributed by atoms with van der Waals surface area (Å²) in [5, 5.41) is 2.21. The second-order valence-corrected chi connectivity index (χ2v) is 7.52. The number of ether oxygens (including phenoxy) is 1. The van der Waals surface area contributed by atoms with Crippen LogP contribution in [0.1, 0.15) is 50.0 Å². The van der Waals surface area contributed by atoms with Crippen LogP contribution in [0.5, 0.6) is 0 Å². The Morgan fingerprint density at radius 2 is 2.10 bits per heavy atom. The fourth-order valence-electron chi connectivity index (χ4n) is 3.19. The Labute approximate surface area is 132 Å². The Kier molecular flexibility index (Phi) is 5.58. The molecule has 0 amide bonds.